The van der Waals surface area contributed by atoms with Crippen LogP contribution in [0.5, 0.6) is 0 Å². The molecule has 0 radical (unpaired) electrons. The molecule has 0 atom stereocenters. The van der Waals surface area contributed by atoms with Crippen LogP contribution in [0.1, 0.15) is 12.8 Å². The van der Waals surface area contributed by atoms with Gasteiger partial charge in [-0.15, -0.1) is 0 Å². The quantitative estimate of drug-likeness (QED) is 0.755. The Hall–Kier alpha value is -0.870. The molecule has 0 saturated carbocycles. The summed E-state index contributed by atoms with van der Waals surface area (Å²) in [7, 11) is 4.16. The summed E-state index contributed by atoms with van der Waals surface area (Å²) in [6.07, 6.45) is 5.48. The van der Waals surface area contributed by atoms with Crippen LogP contribution in [-0.4, -0.2) is 42.1 Å². The summed E-state index contributed by atoms with van der Waals surface area (Å²) in [5, 5.41) is 3.71. The fourth-order valence-corrected chi connectivity index (χ4v) is 1.25. The summed E-state index contributed by atoms with van der Waals surface area (Å²) in [6.45, 7) is 2.01. The third-order valence-electron chi connectivity index (χ3n) is 1.94. The number of nitrogens with zero attached hydrogens (tertiary/aromatic N) is 3. The van der Waals surface area contributed by atoms with Crippen LogP contribution in [0, 0.1) is 0 Å². The molecule has 1 rings (SSSR count). The lowest BCUT2D eigenvalue weighted by molar-refractivity contribution is 0.396. The van der Waals surface area contributed by atoms with E-state index in [-0.39, 0.29) is 0 Å². The van der Waals surface area contributed by atoms with Gasteiger partial charge in [0.25, 0.3) is 0 Å². The molecule has 0 bridgehead atoms. The normalized spacial score (nSPS) is 10.7. The number of hydrogen-bond acceptors (Lipinski definition) is 4. The highest BCUT2D eigenvalue weighted by Crippen LogP contribution is 2.05. The number of anilines is 1. The Bertz CT molecular complexity index is 273. The minimum absolute atomic E-state index is 0.563. The van der Waals surface area contributed by atoms with Crippen LogP contribution >= 0.6 is 11.6 Å². The topological polar surface area (TPSA) is 41.0 Å². The second kappa shape index (κ2) is 6.58. The van der Waals surface area contributed by atoms with Crippen LogP contribution in [0.25, 0.3) is 0 Å². The maximum Gasteiger partial charge on any atom is 0.222 e. The first-order chi connectivity index (χ1) is 7.18. The first-order valence-electron chi connectivity index (χ1n) is 5.04. The average molecular weight is 229 g/mol. The molecule has 0 fully saturated rings. The number of halogens is 1. The SMILES string of the molecule is CN(C)CCCCNc1ncc(Cl)cn1. The van der Waals surface area contributed by atoms with Crippen LogP contribution in [0.4, 0.5) is 5.95 Å². The van der Waals surface area contributed by atoms with E-state index in [1.807, 2.05) is 0 Å². The monoisotopic (exact) mass is 228 g/mol. The van der Waals surface area contributed by atoms with Gasteiger partial charge in [0.15, 0.2) is 0 Å². The summed E-state index contributed by atoms with van der Waals surface area (Å²) < 4.78 is 0. The first-order valence-corrected chi connectivity index (χ1v) is 5.42. The van der Waals surface area contributed by atoms with E-state index in [0.717, 1.165) is 19.5 Å². The van der Waals surface area contributed by atoms with E-state index in [1.54, 1.807) is 12.4 Å². The van der Waals surface area contributed by atoms with Gasteiger partial charge in [-0.25, -0.2) is 9.97 Å². The van der Waals surface area contributed by atoms with Gasteiger partial charge in [-0.2, -0.15) is 0 Å². The van der Waals surface area contributed by atoms with E-state index in [0.29, 0.717) is 11.0 Å². The molecule has 1 aromatic heterocycles. The van der Waals surface area contributed by atoms with Crippen molar-refractivity contribution in [1.82, 2.24) is 14.9 Å². The minimum atomic E-state index is 0.563. The lowest BCUT2D eigenvalue weighted by atomic mass is 10.3. The summed E-state index contributed by atoms with van der Waals surface area (Å²) in [4.78, 5) is 10.3. The number of nitrogens with one attached hydrogen (secondary N) is 1. The zero-order valence-corrected chi connectivity index (χ0v) is 9.96. The van der Waals surface area contributed by atoms with Gasteiger partial charge in [-0.3, -0.25) is 0 Å². The minimum Gasteiger partial charge on any atom is -0.354 e. The van der Waals surface area contributed by atoms with E-state index >= 15 is 0 Å². The van der Waals surface area contributed by atoms with Crippen molar-refractivity contribution >= 4 is 17.5 Å². The van der Waals surface area contributed by atoms with Crippen molar-refractivity contribution in [2.24, 2.45) is 0 Å². The highest BCUT2D eigenvalue weighted by atomic mass is 35.5. The van der Waals surface area contributed by atoms with Gasteiger partial charge in [0, 0.05) is 6.54 Å². The van der Waals surface area contributed by atoms with E-state index < -0.39 is 0 Å². The van der Waals surface area contributed by atoms with Gasteiger partial charge < -0.3 is 10.2 Å². The maximum absolute atomic E-state index is 5.67. The molecule has 1 aromatic rings. The number of aromatic nitrogens is 2. The van der Waals surface area contributed by atoms with Gasteiger partial charge in [0.05, 0.1) is 17.4 Å². The summed E-state index contributed by atoms with van der Waals surface area (Å²) >= 11 is 5.67. The number of hydrogen-bond donors (Lipinski definition) is 1. The summed E-state index contributed by atoms with van der Waals surface area (Å²) in [6, 6.07) is 0. The van der Waals surface area contributed by atoms with Crippen molar-refractivity contribution in [1.29, 1.82) is 0 Å². The summed E-state index contributed by atoms with van der Waals surface area (Å²) in [5.74, 6) is 0.643. The Morgan fingerprint density at radius 3 is 2.53 bits per heavy atom. The van der Waals surface area contributed by atoms with Crippen molar-refractivity contribution < 1.29 is 0 Å². The van der Waals surface area contributed by atoms with Gasteiger partial charge >= 0.3 is 0 Å². The van der Waals surface area contributed by atoms with Crippen LogP contribution in [0.2, 0.25) is 5.02 Å². The molecule has 0 spiro atoms. The molecule has 0 aliphatic heterocycles. The van der Waals surface area contributed by atoms with Gasteiger partial charge in [0.1, 0.15) is 0 Å². The molecule has 0 unspecified atom stereocenters. The van der Waals surface area contributed by atoms with E-state index in [1.165, 1.54) is 6.42 Å². The fourth-order valence-electron chi connectivity index (χ4n) is 1.16. The fraction of sp³-hybridized carbons (Fsp3) is 0.600. The molecule has 0 aromatic carbocycles. The van der Waals surface area contributed by atoms with Gasteiger partial charge in [-0.1, -0.05) is 11.6 Å². The largest absolute Gasteiger partial charge is 0.354 e. The molecular formula is C10H17ClN4. The predicted molar refractivity (Wildman–Crippen MR) is 63.3 cm³/mol. The lowest BCUT2D eigenvalue weighted by Crippen LogP contribution is -2.14. The van der Waals surface area contributed by atoms with Crippen molar-refractivity contribution in [3.8, 4) is 0 Å². The molecule has 0 amide bonds. The van der Waals surface area contributed by atoms with E-state index in [9.17, 15) is 0 Å². The van der Waals surface area contributed by atoms with Crippen LogP contribution in [0.3, 0.4) is 0 Å². The van der Waals surface area contributed by atoms with Crippen LogP contribution < -0.4 is 5.32 Å². The van der Waals surface area contributed by atoms with Gasteiger partial charge in [-0.05, 0) is 33.5 Å². The molecule has 84 valence electrons. The Kier molecular flexibility index (Phi) is 5.36. The van der Waals surface area contributed by atoms with Crippen molar-refractivity contribution in [3.05, 3.63) is 17.4 Å². The molecular weight excluding hydrogens is 212 g/mol. The predicted octanol–water partition coefficient (Wildman–Crippen LogP) is 1.88. The standard InChI is InChI=1S/C10H17ClN4/c1-15(2)6-4-3-5-12-10-13-7-9(11)8-14-10/h7-8H,3-6H2,1-2H3,(H,12,13,14). The molecule has 15 heavy (non-hydrogen) atoms. The second-order valence-electron chi connectivity index (χ2n) is 3.66. The number of rotatable bonds is 6. The Morgan fingerprint density at radius 2 is 1.93 bits per heavy atom. The Labute approximate surface area is 95.7 Å². The third kappa shape index (κ3) is 5.54. The lowest BCUT2D eigenvalue weighted by Gasteiger charge is -2.09. The molecule has 0 saturated heterocycles. The second-order valence-corrected chi connectivity index (χ2v) is 4.10. The molecule has 0 aliphatic carbocycles. The average Bonchev–Trinajstić information content (AvgIpc) is 2.20. The highest BCUT2D eigenvalue weighted by molar-refractivity contribution is 6.30. The molecule has 1 heterocycles. The van der Waals surface area contributed by atoms with Crippen molar-refractivity contribution in [2.75, 3.05) is 32.5 Å². The highest BCUT2D eigenvalue weighted by Gasteiger charge is 1.95. The van der Waals surface area contributed by atoms with Gasteiger partial charge in [0.2, 0.25) is 5.95 Å². The number of unbranched alkanes of at least 4 members (excludes halogenated alkanes) is 1. The molecule has 0 aliphatic rings. The van der Waals surface area contributed by atoms with Crippen molar-refractivity contribution in [2.45, 2.75) is 12.8 Å². The van der Waals surface area contributed by atoms with E-state index in [2.05, 4.69) is 34.3 Å². The smallest absolute Gasteiger partial charge is 0.222 e. The van der Waals surface area contributed by atoms with Crippen LogP contribution in [0.15, 0.2) is 12.4 Å². The zero-order chi connectivity index (χ0) is 11.1. The summed E-state index contributed by atoms with van der Waals surface area (Å²) in [5.41, 5.74) is 0. The Balaban J connectivity index is 2.12. The van der Waals surface area contributed by atoms with E-state index in [4.69, 9.17) is 11.6 Å². The first kappa shape index (κ1) is 12.2. The maximum atomic E-state index is 5.67. The van der Waals surface area contributed by atoms with Crippen LogP contribution in [-0.2, 0) is 0 Å². The third-order valence-corrected chi connectivity index (χ3v) is 2.13. The Morgan fingerprint density at radius 1 is 1.27 bits per heavy atom. The zero-order valence-electron chi connectivity index (χ0n) is 9.20. The molecule has 4 nitrogen and oxygen atoms in total. The molecule has 1 N–H and O–H groups in total. The van der Waals surface area contributed by atoms with Crippen molar-refractivity contribution in [3.63, 3.8) is 0 Å². The molecule has 5 heteroatoms.